The zero-order chi connectivity index (χ0) is 13.6. The van der Waals surface area contributed by atoms with Crippen LogP contribution in [-0.4, -0.2) is 18.4 Å². The van der Waals surface area contributed by atoms with E-state index in [1.165, 1.54) is 12.8 Å². The van der Waals surface area contributed by atoms with Crippen LogP contribution in [0, 0.1) is 0 Å². The quantitative estimate of drug-likeness (QED) is 0.301. The molecule has 18 heavy (non-hydrogen) atoms. The summed E-state index contributed by atoms with van der Waals surface area (Å²) in [6.45, 7) is 4.74. The van der Waals surface area contributed by atoms with Crippen LogP contribution in [0.2, 0.25) is 0 Å². The molecule has 0 radical (unpaired) electrons. The lowest BCUT2D eigenvalue weighted by Crippen LogP contribution is -2.12. The molecule has 0 heterocycles. The first-order valence-corrected chi connectivity index (χ1v) is 7.38. The van der Waals surface area contributed by atoms with Crippen LogP contribution in [0.5, 0.6) is 0 Å². The summed E-state index contributed by atoms with van der Waals surface area (Å²) >= 11 is 0. The number of carbonyl (C=O) groups excluding carboxylic acids is 2. The molecule has 0 aromatic carbocycles. The van der Waals surface area contributed by atoms with Gasteiger partial charge in [0.05, 0.1) is 6.61 Å². The zero-order valence-electron chi connectivity index (χ0n) is 12.0. The molecule has 3 nitrogen and oxygen atoms in total. The minimum absolute atomic E-state index is 0.0182. The second kappa shape index (κ2) is 12.6. The van der Waals surface area contributed by atoms with Gasteiger partial charge in [0.1, 0.15) is 12.2 Å². The predicted octanol–water partition coefficient (Wildman–Crippen LogP) is 4.04. The normalized spacial score (nSPS) is 10.3. The third-order valence-corrected chi connectivity index (χ3v) is 2.91. The van der Waals surface area contributed by atoms with Gasteiger partial charge in [0.2, 0.25) is 0 Å². The van der Waals surface area contributed by atoms with Crippen molar-refractivity contribution >= 4 is 11.8 Å². The second-order valence-corrected chi connectivity index (χ2v) is 4.81. The van der Waals surface area contributed by atoms with E-state index in [9.17, 15) is 9.59 Å². The molecule has 0 saturated heterocycles. The Labute approximate surface area is 111 Å². The van der Waals surface area contributed by atoms with Crippen molar-refractivity contribution in [2.24, 2.45) is 0 Å². The number of rotatable bonds is 12. The van der Waals surface area contributed by atoms with Gasteiger partial charge in [0.25, 0.3) is 0 Å². The number of ketones is 1. The highest BCUT2D eigenvalue weighted by Gasteiger charge is 2.10. The van der Waals surface area contributed by atoms with E-state index in [2.05, 4.69) is 13.8 Å². The maximum Gasteiger partial charge on any atom is 0.313 e. The molecule has 0 aromatic rings. The Morgan fingerprint density at radius 2 is 1.44 bits per heavy atom. The topological polar surface area (TPSA) is 43.4 Å². The lowest BCUT2D eigenvalue weighted by Gasteiger charge is -2.04. The molecule has 0 spiro atoms. The fourth-order valence-corrected chi connectivity index (χ4v) is 1.76. The molecule has 0 fully saturated rings. The SMILES string of the molecule is CCCCCCOC(=O)CC(=O)CCCCCC. The molecule has 0 amide bonds. The summed E-state index contributed by atoms with van der Waals surface area (Å²) < 4.78 is 5.03. The molecule has 0 aliphatic rings. The highest BCUT2D eigenvalue weighted by molar-refractivity contribution is 5.95. The van der Waals surface area contributed by atoms with Crippen LogP contribution >= 0.6 is 0 Å². The fraction of sp³-hybridized carbons (Fsp3) is 0.867. The molecule has 0 aliphatic carbocycles. The highest BCUT2D eigenvalue weighted by Crippen LogP contribution is 2.05. The predicted molar refractivity (Wildman–Crippen MR) is 73.5 cm³/mol. The number of Topliss-reactive ketones (excluding diaryl/α,β-unsaturated/α-hetero) is 1. The van der Waals surface area contributed by atoms with E-state index in [1.54, 1.807) is 0 Å². The van der Waals surface area contributed by atoms with Gasteiger partial charge in [-0.2, -0.15) is 0 Å². The van der Waals surface area contributed by atoms with E-state index < -0.39 is 0 Å². The minimum Gasteiger partial charge on any atom is -0.465 e. The van der Waals surface area contributed by atoms with Crippen LogP contribution in [0.25, 0.3) is 0 Å². The Balaban J connectivity index is 3.41. The summed E-state index contributed by atoms with van der Waals surface area (Å²) in [5.41, 5.74) is 0. The Kier molecular flexibility index (Phi) is 12.0. The van der Waals surface area contributed by atoms with Gasteiger partial charge < -0.3 is 4.74 Å². The van der Waals surface area contributed by atoms with Crippen molar-refractivity contribution < 1.29 is 14.3 Å². The first kappa shape index (κ1) is 17.1. The first-order chi connectivity index (χ1) is 8.70. The van der Waals surface area contributed by atoms with E-state index in [4.69, 9.17) is 4.74 Å². The number of esters is 1. The molecule has 0 rings (SSSR count). The molecule has 0 aromatic heterocycles. The van der Waals surface area contributed by atoms with Crippen molar-refractivity contribution in [2.75, 3.05) is 6.61 Å². The van der Waals surface area contributed by atoms with Crippen molar-refractivity contribution in [1.29, 1.82) is 0 Å². The number of ether oxygens (including phenoxy) is 1. The number of unbranched alkanes of at least 4 members (excludes halogenated alkanes) is 6. The summed E-state index contributed by atoms with van der Waals surface area (Å²) in [5.74, 6) is -0.336. The molecule has 0 bridgehead atoms. The molecule has 0 atom stereocenters. The minimum atomic E-state index is -0.355. The average Bonchev–Trinajstić information content (AvgIpc) is 2.34. The number of hydrogen-bond donors (Lipinski definition) is 0. The second-order valence-electron chi connectivity index (χ2n) is 4.81. The standard InChI is InChI=1S/C15H28O3/c1-3-5-7-9-11-14(16)13-15(17)18-12-10-8-6-4-2/h3-13H2,1-2H3. The maximum atomic E-state index is 11.5. The van der Waals surface area contributed by atoms with Crippen LogP contribution in [-0.2, 0) is 14.3 Å². The first-order valence-electron chi connectivity index (χ1n) is 7.38. The van der Waals surface area contributed by atoms with Crippen molar-refractivity contribution in [2.45, 2.75) is 78.1 Å². The molecular formula is C15H28O3. The fourth-order valence-electron chi connectivity index (χ4n) is 1.76. The molecule has 3 heteroatoms. The molecule has 0 N–H and O–H groups in total. The lowest BCUT2D eigenvalue weighted by atomic mass is 10.1. The van der Waals surface area contributed by atoms with Gasteiger partial charge in [0.15, 0.2) is 0 Å². The summed E-state index contributed by atoms with van der Waals surface area (Å²) in [6.07, 6.45) is 9.12. The molecule has 106 valence electrons. The summed E-state index contributed by atoms with van der Waals surface area (Å²) in [7, 11) is 0. The van der Waals surface area contributed by atoms with Gasteiger partial charge >= 0.3 is 5.97 Å². The van der Waals surface area contributed by atoms with Crippen LogP contribution < -0.4 is 0 Å². The third kappa shape index (κ3) is 11.6. The highest BCUT2D eigenvalue weighted by atomic mass is 16.5. The molecule has 0 unspecified atom stereocenters. The van der Waals surface area contributed by atoms with Gasteiger partial charge in [-0.05, 0) is 12.8 Å². The van der Waals surface area contributed by atoms with Gasteiger partial charge in [-0.1, -0.05) is 52.4 Å². The van der Waals surface area contributed by atoms with E-state index in [1.807, 2.05) is 0 Å². The Bertz CT molecular complexity index is 224. The Morgan fingerprint density at radius 3 is 2.06 bits per heavy atom. The Morgan fingerprint density at radius 1 is 0.833 bits per heavy atom. The van der Waals surface area contributed by atoms with Gasteiger partial charge in [-0.25, -0.2) is 0 Å². The van der Waals surface area contributed by atoms with Gasteiger partial charge in [0, 0.05) is 6.42 Å². The summed E-state index contributed by atoms with van der Waals surface area (Å²) in [5, 5.41) is 0. The molecular weight excluding hydrogens is 228 g/mol. The average molecular weight is 256 g/mol. The van der Waals surface area contributed by atoms with Crippen LogP contribution in [0.3, 0.4) is 0 Å². The zero-order valence-corrected chi connectivity index (χ0v) is 12.0. The smallest absolute Gasteiger partial charge is 0.313 e. The monoisotopic (exact) mass is 256 g/mol. The molecule has 0 saturated carbocycles. The van der Waals surface area contributed by atoms with Crippen molar-refractivity contribution in [1.82, 2.24) is 0 Å². The summed E-state index contributed by atoms with van der Waals surface area (Å²) in [4.78, 5) is 22.8. The van der Waals surface area contributed by atoms with Crippen LogP contribution in [0.4, 0.5) is 0 Å². The summed E-state index contributed by atoms with van der Waals surface area (Å²) in [6, 6.07) is 0. The Hall–Kier alpha value is -0.860. The van der Waals surface area contributed by atoms with Crippen molar-refractivity contribution in [3.63, 3.8) is 0 Å². The van der Waals surface area contributed by atoms with E-state index >= 15 is 0 Å². The maximum absolute atomic E-state index is 11.5. The third-order valence-electron chi connectivity index (χ3n) is 2.91. The van der Waals surface area contributed by atoms with Crippen molar-refractivity contribution in [3.8, 4) is 0 Å². The lowest BCUT2D eigenvalue weighted by molar-refractivity contribution is -0.146. The van der Waals surface area contributed by atoms with E-state index in [0.717, 1.165) is 38.5 Å². The van der Waals surface area contributed by atoms with E-state index in [0.29, 0.717) is 13.0 Å². The van der Waals surface area contributed by atoms with Gasteiger partial charge in [-0.3, -0.25) is 9.59 Å². The molecule has 0 aliphatic heterocycles. The van der Waals surface area contributed by atoms with E-state index in [-0.39, 0.29) is 18.2 Å². The van der Waals surface area contributed by atoms with Crippen LogP contribution in [0.15, 0.2) is 0 Å². The van der Waals surface area contributed by atoms with Crippen molar-refractivity contribution in [3.05, 3.63) is 0 Å². The van der Waals surface area contributed by atoms with Crippen LogP contribution in [0.1, 0.15) is 78.1 Å². The number of carbonyl (C=O) groups is 2. The number of hydrogen-bond acceptors (Lipinski definition) is 3. The largest absolute Gasteiger partial charge is 0.465 e. The van der Waals surface area contributed by atoms with Gasteiger partial charge in [-0.15, -0.1) is 0 Å².